The zero-order valence-corrected chi connectivity index (χ0v) is 7.39. The summed E-state index contributed by atoms with van der Waals surface area (Å²) in [4.78, 5) is 0. The van der Waals surface area contributed by atoms with Gasteiger partial charge in [0, 0.05) is 18.3 Å². The highest BCUT2D eigenvalue weighted by Gasteiger charge is 2.12. The summed E-state index contributed by atoms with van der Waals surface area (Å²) < 4.78 is 12.9. The number of fused-ring (bicyclic) bond motifs is 1. The second-order valence-corrected chi connectivity index (χ2v) is 3.48. The van der Waals surface area contributed by atoms with Crippen molar-refractivity contribution in [1.82, 2.24) is 0 Å². The van der Waals surface area contributed by atoms with Crippen LogP contribution in [0.5, 0.6) is 0 Å². The quantitative estimate of drug-likeness (QED) is 0.635. The fourth-order valence-corrected chi connectivity index (χ4v) is 1.68. The van der Waals surface area contributed by atoms with Gasteiger partial charge in [-0.25, -0.2) is 4.39 Å². The van der Waals surface area contributed by atoms with Crippen molar-refractivity contribution in [3.05, 3.63) is 29.6 Å². The summed E-state index contributed by atoms with van der Waals surface area (Å²) in [6, 6.07) is 4.97. The van der Waals surface area contributed by atoms with E-state index in [1.807, 2.05) is 0 Å². The van der Waals surface area contributed by atoms with Gasteiger partial charge in [0.2, 0.25) is 0 Å². The Kier molecular flexibility index (Phi) is 2.19. The van der Waals surface area contributed by atoms with E-state index >= 15 is 0 Å². The van der Waals surface area contributed by atoms with Crippen LogP contribution in [-0.2, 0) is 6.42 Å². The van der Waals surface area contributed by atoms with Gasteiger partial charge in [-0.1, -0.05) is 0 Å². The van der Waals surface area contributed by atoms with Crippen LogP contribution in [0.4, 0.5) is 10.1 Å². The molecule has 3 N–H and O–H groups in total. The maximum Gasteiger partial charge on any atom is 0.123 e. The molecule has 70 valence electrons. The second kappa shape index (κ2) is 3.34. The lowest BCUT2D eigenvalue weighted by molar-refractivity contribution is 0.617. The van der Waals surface area contributed by atoms with Crippen LogP contribution in [0, 0.1) is 5.82 Å². The minimum atomic E-state index is -0.186. The molecule has 1 aliphatic heterocycles. The number of halogens is 1. The standard InChI is InChI=1S/C10H13FN2/c11-8-1-2-10-7(5-8)6-9(12)3-4-13-10/h1-2,5,9,13H,3-4,6,12H2. The Balaban J connectivity index is 2.35. The van der Waals surface area contributed by atoms with Gasteiger partial charge >= 0.3 is 0 Å². The molecule has 0 bridgehead atoms. The molecule has 1 atom stereocenters. The van der Waals surface area contributed by atoms with E-state index in [2.05, 4.69) is 5.32 Å². The Hall–Kier alpha value is -1.09. The first kappa shape index (κ1) is 8.51. The van der Waals surface area contributed by atoms with Crippen LogP contribution in [0.3, 0.4) is 0 Å². The molecule has 2 rings (SSSR count). The lowest BCUT2D eigenvalue weighted by Crippen LogP contribution is -2.23. The molecule has 1 unspecified atom stereocenters. The van der Waals surface area contributed by atoms with Crippen LogP contribution in [-0.4, -0.2) is 12.6 Å². The van der Waals surface area contributed by atoms with Gasteiger partial charge < -0.3 is 11.1 Å². The largest absolute Gasteiger partial charge is 0.385 e. The average molecular weight is 180 g/mol. The molecule has 1 aromatic rings. The zero-order valence-electron chi connectivity index (χ0n) is 7.39. The summed E-state index contributed by atoms with van der Waals surface area (Å²) in [6.07, 6.45) is 1.70. The first-order valence-corrected chi connectivity index (χ1v) is 4.53. The Bertz CT molecular complexity index is 312. The summed E-state index contributed by atoms with van der Waals surface area (Å²) in [7, 11) is 0. The van der Waals surface area contributed by atoms with Crippen molar-refractivity contribution in [1.29, 1.82) is 0 Å². The molecular weight excluding hydrogens is 167 g/mol. The maximum absolute atomic E-state index is 12.9. The number of nitrogens with one attached hydrogen (secondary N) is 1. The average Bonchev–Trinajstić information content (AvgIpc) is 2.25. The van der Waals surface area contributed by atoms with E-state index in [0.717, 1.165) is 30.6 Å². The molecule has 13 heavy (non-hydrogen) atoms. The van der Waals surface area contributed by atoms with E-state index in [1.54, 1.807) is 12.1 Å². The smallest absolute Gasteiger partial charge is 0.123 e. The number of nitrogens with two attached hydrogens (primary N) is 1. The Morgan fingerprint density at radius 3 is 3.15 bits per heavy atom. The van der Waals surface area contributed by atoms with Crippen LogP contribution in [0.15, 0.2) is 18.2 Å². The van der Waals surface area contributed by atoms with Crippen LogP contribution < -0.4 is 11.1 Å². The van der Waals surface area contributed by atoms with Gasteiger partial charge in [0.05, 0.1) is 0 Å². The maximum atomic E-state index is 12.9. The molecule has 0 radical (unpaired) electrons. The number of anilines is 1. The molecule has 0 saturated carbocycles. The first-order valence-electron chi connectivity index (χ1n) is 4.53. The summed E-state index contributed by atoms with van der Waals surface area (Å²) in [6.45, 7) is 0.875. The van der Waals surface area contributed by atoms with Crippen LogP contribution in [0.1, 0.15) is 12.0 Å². The van der Waals surface area contributed by atoms with Crippen molar-refractivity contribution < 1.29 is 4.39 Å². The number of hydrogen-bond acceptors (Lipinski definition) is 2. The van der Waals surface area contributed by atoms with E-state index in [0.29, 0.717) is 0 Å². The highest BCUT2D eigenvalue weighted by molar-refractivity contribution is 5.52. The van der Waals surface area contributed by atoms with Crippen molar-refractivity contribution in [3.8, 4) is 0 Å². The minimum Gasteiger partial charge on any atom is -0.385 e. The van der Waals surface area contributed by atoms with Crippen LogP contribution in [0.2, 0.25) is 0 Å². The Morgan fingerprint density at radius 1 is 1.46 bits per heavy atom. The van der Waals surface area contributed by atoms with Crippen LogP contribution in [0.25, 0.3) is 0 Å². The minimum absolute atomic E-state index is 0.149. The van der Waals surface area contributed by atoms with Gasteiger partial charge in [-0.3, -0.25) is 0 Å². The number of benzene rings is 1. The third-order valence-corrected chi connectivity index (χ3v) is 2.38. The third-order valence-electron chi connectivity index (χ3n) is 2.38. The van der Waals surface area contributed by atoms with Crippen LogP contribution >= 0.6 is 0 Å². The van der Waals surface area contributed by atoms with Gasteiger partial charge in [-0.05, 0) is 36.6 Å². The molecule has 2 nitrogen and oxygen atoms in total. The summed E-state index contributed by atoms with van der Waals surface area (Å²) in [5.41, 5.74) is 7.85. The van der Waals surface area contributed by atoms with Crippen molar-refractivity contribution in [2.24, 2.45) is 5.73 Å². The molecule has 0 aromatic heterocycles. The van der Waals surface area contributed by atoms with E-state index in [9.17, 15) is 4.39 Å². The molecule has 0 aliphatic carbocycles. The highest BCUT2D eigenvalue weighted by atomic mass is 19.1. The molecule has 1 heterocycles. The number of hydrogen-bond donors (Lipinski definition) is 2. The van der Waals surface area contributed by atoms with Crippen molar-refractivity contribution in [3.63, 3.8) is 0 Å². The first-order chi connectivity index (χ1) is 6.25. The molecule has 1 aromatic carbocycles. The van der Waals surface area contributed by atoms with E-state index in [-0.39, 0.29) is 11.9 Å². The topological polar surface area (TPSA) is 38.0 Å². The predicted octanol–water partition coefficient (Wildman–Crippen LogP) is 1.51. The Labute approximate surface area is 76.9 Å². The summed E-state index contributed by atoms with van der Waals surface area (Å²) >= 11 is 0. The second-order valence-electron chi connectivity index (χ2n) is 3.48. The molecule has 0 spiro atoms. The van der Waals surface area contributed by atoms with Gasteiger partial charge in [-0.2, -0.15) is 0 Å². The molecule has 3 heteroatoms. The van der Waals surface area contributed by atoms with Gasteiger partial charge in [0.25, 0.3) is 0 Å². The summed E-state index contributed by atoms with van der Waals surface area (Å²) in [5.74, 6) is -0.186. The molecule has 1 aliphatic rings. The Morgan fingerprint density at radius 2 is 2.31 bits per heavy atom. The van der Waals surface area contributed by atoms with E-state index < -0.39 is 0 Å². The van der Waals surface area contributed by atoms with Gasteiger partial charge in [0.1, 0.15) is 5.82 Å². The predicted molar refractivity (Wildman–Crippen MR) is 51.2 cm³/mol. The van der Waals surface area contributed by atoms with Crippen molar-refractivity contribution in [2.75, 3.05) is 11.9 Å². The molecular formula is C10H13FN2. The lowest BCUT2D eigenvalue weighted by atomic mass is 10.0. The van der Waals surface area contributed by atoms with Crippen molar-refractivity contribution in [2.45, 2.75) is 18.9 Å². The monoisotopic (exact) mass is 180 g/mol. The lowest BCUT2D eigenvalue weighted by Gasteiger charge is -2.07. The SMILES string of the molecule is NC1CCNc2ccc(F)cc2C1. The van der Waals surface area contributed by atoms with Crippen molar-refractivity contribution >= 4 is 5.69 Å². The van der Waals surface area contributed by atoms with E-state index in [1.165, 1.54) is 6.07 Å². The molecule has 0 saturated heterocycles. The number of rotatable bonds is 0. The summed E-state index contributed by atoms with van der Waals surface area (Å²) in [5, 5.41) is 3.24. The normalized spacial score (nSPS) is 21.5. The van der Waals surface area contributed by atoms with E-state index in [4.69, 9.17) is 5.73 Å². The third kappa shape index (κ3) is 1.80. The molecule has 0 fully saturated rings. The molecule has 0 amide bonds. The zero-order chi connectivity index (χ0) is 9.26. The fraction of sp³-hybridized carbons (Fsp3) is 0.400. The highest BCUT2D eigenvalue weighted by Crippen LogP contribution is 2.21. The fourth-order valence-electron chi connectivity index (χ4n) is 1.68. The van der Waals surface area contributed by atoms with Gasteiger partial charge in [-0.15, -0.1) is 0 Å². The van der Waals surface area contributed by atoms with Gasteiger partial charge in [0.15, 0.2) is 0 Å².